The highest BCUT2D eigenvalue weighted by Gasteiger charge is 2.34. The zero-order valence-corrected chi connectivity index (χ0v) is 23.5. The lowest BCUT2D eigenvalue weighted by Gasteiger charge is -2.38. The Kier molecular flexibility index (Phi) is 8.37. The molecule has 3 aromatic rings. The topological polar surface area (TPSA) is 110 Å². The zero-order valence-electron chi connectivity index (χ0n) is 21.9. The first-order valence-electron chi connectivity index (χ1n) is 13.2. The number of piperazine rings is 1. The molecule has 1 saturated carbocycles. The van der Waals surface area contributed by atoms with E-state index in [-0.39, 0.29) is 21.1 Å². The van der Waals surface area contributed by atoms with E-state index in [0.717, 1.165) is 30.7 Å². The predicted octanol–water partition coefficient (Wildman–Crippen LogP) is 5.27. The third kappa shape index (κ3) is 6.71. The molecule has 2 heterocycles. The minimum Gasteiger partial charge on any atom is -0.361 e. The van der Waals surface area contributed by atoms with E-state index in [1.165, 1.54) is 18.2 Å². The van der Waals surface area contributed by atoms with Gasteiger partial charge in [-0.15, -0.1) is 11.3 Å². The monoisotopic (exact) mass is 611 g/mol. The van der Waals surface area contributed by atoms with Crippen molar-refractivity contribution in [2.24, 2.45) is 5.92 Å². The molecule has 1 aromatic heterocycles. The van der Waals surface area contributed by atoms with Crippen molar-refractivity contribution in [2.45, 2.75) is 42.9 Å². The Morgan fingerprint density at radius 3 is 2.27 bits per heavy atom. The molecule has 220 valence electrons. The van der Waals surface area contributed by atoms with Crippen LogP contribution in [0.2, 0.25) is 0 Å². The lowest BCUT2D eigenvalue weighted by Crippen LogP contribution is -2.48. The van der Waals surface area contributed by atoms with Crippen molar-refractivity contribution < 1.29 is 30.7 Å². The molecule has 14 heteroatoms. The first kappa shape index (κ1) is 29.4. The molecule has 0 bridgehead atoms. The number of benzene rings is 2. The number of nitro groups is 1. The number of alkyl halides is 3. The number of non-ortho nitro benzene ring substituents is 1. The minimum absolute atomic E-state index is 0.0683. The normalized spacial score (nSPS) is 20.8. The Morgan fingerprint density at radius 1 is 1.00 bits per heavy atom. The summed E-state index contributed by atoms with van der Waals surface area (Å²) in [6.45, 7) is 3.33. The zero-order chi connectivity index (χ0) is 29.4. The average Bonchev–Trinajstić information content (AvgIpc) is 2.94. The van der Waals surface area contributed by atoms with Gasteiger partial charge in [0.05, 0.1) is 26.5 Å². The van der Waals surface area contributed by atoms with Crippen molar-refractivity contribution in [3.63, 3.8) is 0 Å². The van der Waals surface area contributed by atoms with Crippen molar-refractivity contribution >= 4 is 42.2 Å². The summed E-state index contributed by atoms with van der Waals surface area (Å²) in [5, 5.41) is 11.7. The molecule has 5 rings (SSSR count). The van der Waals surface area contributed by atoms with Crippen molar-refractivity contribution in [3.05, 3.63) is 74.4 Å². The van der Waals surface area contributed by atoms with Crippen molar-refractivity contribution in [1.29, 1.82) is 0 Å². The van der Waals surface area contributed by atoms with Crippen LogP contribution in [0.25, 0.3) is 10.1 Å². The van der Waals surface area contributed by atoms with Gasteiger partial charge in [-0.25, -0.2) is 0 Å². The Labute approximate surface area is 238 Å². The number of nitrogens with zero attached hydrogens (tertiary/aromatic N) is 3. The molecule has 0 amide bonds. The molecular formula is C27H28F3N3O6S2. The molecular weight excluding hydrogens is 583 g/mol. The van der Waals surface area contributed by atoms with Gasteiger partial charge in [-0.05, 0) is 49.8 Å². The van der Waals surface area contributed by atoms with Gasteiger partial charge in [0.2, 0.25) is 0 Å². The van der Waals surface area contributed by atoms with Crippen LogP contribution in [-0.4, -0.2) is 57.1 Å². The SMILES string of the molecule is O=c1cc(N2CCN(CC3CCC(OS(=O)(=O)c4ccccc4)CC3)CC2)sc2c([N+](=O)[O-])cc(C(F)(F)F)cc12. The Balaban J connectivity index is 1.18. The van der Waals surface area contributed by atoms with Crippen LogP contribution in [0, 0.1) is 16.0 Å². The molecule has 1 saturated heterocycles. The largest absolute Gasteiger partial charge is 0.416 e. The molecule has 2 aliphatic rings. The maximum Gasteiger partial charge on any atom is 0.416 e. The van der Waals surface area contributed by atoms with Gasteiger partial charge < -0.3 is 4.90 Å². The minimum atomic E-state index is -4.81. The maximum absolute atomic E-state index is 13.2. The fourth-order valence-electron chi connectivity index (χ4n) is 5.43. The molecule has 2 fully saturated rings. The van der Waals surface area contributed by atoms with Crippen LogP contribution < -0.4 is 10.3 Å². The second-order valence-corrected chi connectivity index (χ2v) is 13.0. The summed E-state index contributed by atoms with van der Waals surface area (Å²) >= 11 is 0.957. The summed E-state index contributed by atoms with van der Waals surface area (Å²) in [5.74, 6) is 0.392. The molecule has 41 heavy (non-hydrogen) atoms. The number of hydrogen-bond acceptors (Lipinski definition) is 9. The van der Waals surface area contributed by atoms with Gasteiger partial charge in [0.1, 0.15) is 4.70 Å². The first-order chi connectivity index (χ1) is 19.4. The third-order valence-corrected chi connectivity index (χ3v) is 10.2. The maximum atomic E-state index is 13.2. The van der Waals surface area contributed by atoms with Crippen LogP contribution in [0.1, 0.15) is 31.2 Å². The highest BCUT2D eigenvalue weighted by Crippen LogP contribution is 2.39. The van der Waals surface area contributed by atoms with E-state index in [9.17, 15) is 36.5 Å². The van der Waals surface area contributed by atoms with Crippen LogP contribution in [0.5, 0.6) is 0 Å². The first-order valence-corrected chi connectivity index (χ1v) is 15.4. The molecule has 9 nitrogen and oxygen atoms in total. The van der Waals surface area contributed by atoms with Crippen molar-refractivity contribution in [3.8, 4) is 0 Å². The van der Waals surface area contributed by atoms with Gasteiger partial charge in [0.25, 0.3) is 15.8 Å². The van der Waals surface area contributed by atoms with Gasteiger partial charge in [0, 0.05) is 50.2 Å². The summed E-state index contributed by atoms with van der Waals surface area (Å²) in [7, 11) is -3.79. The summed E-state index contributed by atoms with van der Waals surface area (Å²) in [5.41, 5.74) is -2.63. The summed E-state index contributed by atoms with van der Waals surface area (Å²) < 4.78 is 70.2. The fraction of sp³-hybridized carbons (Fsp3) is 0.444. The number of halogens is 3. The molecule has 0 radical (unpaired) electrons. The van der Waals surface area contributed by atoms with Gasteiger partial charge in [-0.1, -0.05) is 18.2 Å². The number of anilines is 1. The van der Waals surface area contributed by atoms with Crippen LogP contribution in [0.15, 0.2) is 58.2 Å². The number of fused-ring (bicyclic) bond motifs is 1. The fourth-order valence-corrected chi connectivity index (χ4v) is 7.78. The summed E-state index contributed by atoms with van der Waals surface area (Å²) in [4.78, 5) is 27.8. The van der Waals surface area contributed by atoms with Crippen LogP contribution in [-0.2, 0) is 20.5 Å². The van der Waals surface area contributed by atoms with E-state index < -0.39 is 37.9 Å². The molecule has 0 atom stereocenters. The second kappa shape index (κ2) is 11.7. The molecule has 0 unspecified atom stereocenters. The number of rotatable bonds is 7. The van der Waals surface area contributed by atoms with E-state index in [4.69, 9.17) is 4.18 Å². The van der Waals surface area contributed by atoms with Crippen molar-refractivity contribution in [2.75, 3.05) is 37.6 Å². The van der Waals surface area contributed by atoms with E-state index in [2.05, 4.69) is 4.90 Å². The summed E-state index contributed by atoms with van der Waals surface area (Å²) in [6.07, 6.45) is -2.18. The van der Waals surface area contributed by atoms with E-state index >= 15 is 0 Å². The highest BCUT2D eigenvalue weighted by atomic mass is 32.2. The predicted molar refractivity (Wildman–Crippen MR) is 149 cm³/mol. The van der Waals surface area contributed by atoms with E-state index in [0.29, 0.717) is 62.1 Å². The smallest absolute Gasteiger partial charge is 0.361 e. The number of nitro benzene ring substituents is 1. The lowest BCUT2D eigenvalue weighted by atomic mass is 9.87. The van der Waals surface area contributed by atoms with Gasteiger partial charge in [0.15, 0.2) is 5.43 Å². The highest BCUT2D eigenvalue weighted by molar-refractivity contribution is 7.86. The molecule has 1 aliphatic carbocycles. The molecule has 0 spiro atoms. The van der Waals surface area contributed by atoms with Gasteiger partial charge >= 0.3 is 6.18 Å². The molecule has 1 aliphatic heterocycles. The van der Waals surface area contributed by atoms with Gasteiger partial charge in [-0.3, -0.25) is 24.0 Å². The average molecular weight is 612 g/mol. The Hall–Kier alpha value is -3.07. The molecule has 2 aromatic carbocycles. The Morgan fingerprint density at radius 2 is 1.66 bits per heavy atom. The van der Waals surface area contributed by atoms with Crippen molar-refractivity contribution in [1.82, 2.24) is 4.90 Å². The van der Waals surface area contributed by atoms with E-state index in [1.807, 2.05) is 4.90 Å². The van der Waals surface area contributed by atoms with Crippen LogP contribution in [0.4, 0.5) is 23.9 Å². The van der Waals surface area contributed by atoms with Crippen LogP contribution in [0.3, 0.4) is 0 Å². The summed E-state index contributed by atoms with van der Waals surface area (Å²) in [6, 6.07) is 10.5. The quantitative estimate of drug-likeness (QED) is 0.202. The number of hydrogen-bond donors (Lipinski definition) is 0. The Bertz CT molecular complexity index is 1580. The van der Waals surface area contributed by atoms with Crippen LogP contribution >= 0.6 is 11.3 Å². The third-order valence-electron chi connectivity index (χ3n) is 7.61. The molecule has 0 N–H and O–H groups in total. The second-order valence-electron chi connectivity index (χ2n) is 10.4. The lowest BCUT2D eigenvalue weighted by molar-refractivity contribution is -0.383. The van der Waals surface area contributed by atoms with E-state index in [1.54, 1.807) is 18.2 Å². The standard InChI is InChI=1S/C27H28F3N3O6S2/c28-27(29,30)19-14-22-24(34)16-25(40-26(22)23(15-19)33(35)36)32-12-10-31(11-13-32)17-18-6-8-20(9-7-18)39-41(37,38)21-4-2-1-3-5-21/h1-5,14-16,18,20H,6-13,17H2. The van der Waals surface area contributed by atoms with Gasteiger partial charge in [-0.2, -0.15) is 21.6 Å².